The molecule has 4 N–H and O–H groups in total. The fourth-order valence-electron chi connectivity index (χ4n) is 1.14. The Balaban J connectivity index is 3.73. The third kappa shape index (κ3) is 6.42. The van der Waals surface area contributed by atoms with Crippen LogP contribution in [0.5, 0.6) is 0 Å². The quantitative estimate of drug-likeness (QED) is 0.532. The maximum absolute atomic E-state index is 10.7. The van der Waals surface area contributed by atoms with E-state index in [1.165, 1.54) is 0 Å². The van der Waals surface area contributed by atoms with Crippen molar-refractivity contribution in [2.24, 2.45) is 11.7 Å². The van der Waals surface area contributed by atoms with Crippen molar-refractivity contribution in [3.8, 4) is 0 Å². The van der Waals surface area contributed by atoms with E-state index in [0.717, 1.165) is 0 Å². The Morgan fingerprint density at radius 2 is 2.00 bits per heavy atom. The van der Waals surface area contributed by atoms with E-state index < -0.39 is 17.9 Å². The summed E-state index contributed by atoms with van der Waals surface area (Å²) >= 11 is 0. The number of nitrogens with two attached hydrogens (primary N) is 1. The summed E-state index contributed by atoms with van der Waals surface area (Å²) in [6.45, 7) is 0.350. The number of rotatable bonds is 8. The van der Waals surface area contributed by atoms with Crippen LogP contribution in [-0.2, 0) is 9.59 Å². The highest BCUT2D eigenvalue weighted by Crippen LogP contribution is 2.14. The van der Waals surface area contributed by atoms with Gasteiger partial charge in [-0.1, -0.05) is 0 Å². The lowest BCUT2D eigenvalue weighted by atomic mass is 9.97. The molecule has 0 fully saturated rings. The van der Waals surface area contributed by atoms with E-state index >= 15 is 0 Å². The van der Waals surface area contributed by atoms with Crippen LogP contribution in [0.4, 0.5) is 0 Å². The van der Waals surface area contributed by atoms with Crippen LogP contribution in [-0.4, -0.2) is 28.7 Å². The second-order valence-corrected chi connectivity index (χ2v) is 3.08. The van der Waals surface area contributed by atoms with Crippen LogP contribution in [0.1, 0.15) is 25.7 Å². The predicted molar refractivity (Wildman–Crippen MR) is 50.6 cm³/mol. The molecule has 0 bridgehead atoms. The van der Waals surface area contributed by atoms with E-state index in [9.17, 15) is 9.59 Å². The van der Waals surface area contributed by atoms with Crippen molar-refractivity contribution in [2.45, 2.75) is 25.7 Å². The zero-order valence-corrected chi connectivity index (χ0v) is 7.98. The third-order valence-corrected chi connectivity index (χ3v) is 1.91. The van der Waals surface area contributed by atoms with Crippen LogP contribution in [0.15, 0.2) is 0 Å². The summed E-state index contributed by atoms with van der Waals surface area (Å²) in [6.07, 6.45) is 2.90. The molecule has 0 spiro atoms. The van der Waals surface area contributed by atoms with Crippen molar-refractivity contribution in [1.82, 2.24) is 0 Å². The lowest BCUT2D eigenvalue weighted by Crippen LogP contribution is -2.16. The van der Waals surface area contributed by atoms with Crippen molar-refractivity contribution in [2.75, 3.05) is 6.54 Å². The Hall–Kier alpha value is -1.10. The number of hydrogen-bond acceptors (Lipinski definition) is 3. The molecule has 0 heterocycles. The predicted octanol–water partition coefficient (Wildman–Crippen LogP) is 0.495. The van der Waals surface area contributed by atoms with Gasteiger partial charge in [0, 0.05) is 6.42 Å². The smallest absolute Gasteiger partial charge is 0.306 e. The van der Waals surface area contributed by atoms with Gasteiger partial charge in [-0.25, -0.2) is 0 Å². The summed E-state index contributed by atoms with van der Waals surface area (Å²) < 4.78 is 0. The lowest BCUT2D eigenvalue weighted by Gasteiger charge is -2.09. The van der Waals surface area contributed by atoms with E-state index in [0.29, 0.717) is 25.8 Å². The average Bonchev–Trinajstić information content (AvgIpc) is 2.09. The van der Waals surface area contributed by atoms with E-state index in [1.807, 2.05) is 0 Å². The molecule has 0 saturated heterocycles. The molecule has 1 unspecified atom stereocenters. The summed E-state index contributed by atoms with van der Waals surface area (Å²) in [5.41, 5.74) is 5.21. The highest BCUT2D eigenvalue weighted by Gasteiger charge is 2.16. The summed E-state index contributed by atoms with van der Waals surface area (Å²) in [5.74, 6) is -2.28. The Kier molecular flexibility index (Phi) is 6.74. The summed E-state index contributed by atoms with van der Waals surface area (Å²) in [6, 6.07) is 0. The van der Waals surface area contributed by atoms with Crippen LogP contribution in [0.25, 0.3) is 0 Å². The van der Waals surface area contributed by atoms with Gasteiger partial charge in [0.25, 0.3) is 0 Å². The molecule has 1 atom stereocenters. The van der Waals surface area contributed by atoms with E-state index in [-0.39, 0.29) is 6.42 Å². The van der Waals surface area contributed by atoms with Gasteiger partial charge in [-0.3, -0.25) is 9.59 Å². The van der Waals surface area contributed by atoms with Crippen molar-refractivity contribution >= 4 is 11.9 Å². The number of carboxylic acids is 2. The van der Waals surface area contributed by atoms with Crippen LogP contribution in [0, 0.1) is 12.3 Å². The molecule has 0 aliphatic carbocycles. The van der Waals surface area contributed by atoms with Gasteiger partial charge in [-0.15, -0.1) is 0 Å². The minimum absolute atomic E-state index is 0.0202. The van der Waals surface area contributed by atoms with Gasteiger partial charge in [0.1, 0.15) is 0 Å². The van der Waals surface area contributed by atoms with Gasteiger partial charge in [0.05, 0.1) is 5.92 Å². The molecule has 14 heavy (non-hydrogen) atoms. The third-order valence-electron chi connectivity index (χ3n) is 1.91. The van der Waals surface area contributed by atoms with Crippen molar-refractivity contribution < 1.29 is 19.8 Å². The maximum atomic E-state index is 10.7. The average molecular weight is 202 g/mol. The highest BCUT2D eigenvalue weighted by atomic mass is 16.4. The van der Waals surface area contributed by atoms with Gasteiger partial charge >= 0.3 is 11.9 Å². The first-order valence-corrected chi connectivity index (χ1v) is 4.54. The summed E-state index contributed by atoms with van der Waals surface area (Å²) in [4.78, 5) is 20.9. The number of carboxylic acid groups (broad SMARTS) is 2. The fraction of sp³-hybridized carbons (Fsp3) is 0.667. The monoisotopic (exact) mass is 202 g/mol. The molecular weight excluding hydrogens is 186 g/mol. The Morgan fingerprint density at radius 3 is 2.43 bits per heavy atom. The SMILES string of the molecule is NC[CH]CC(CCCC(=O)O)C(=O)O. The van der Waals surface area contributed by atoms with Crippen LogP contribution in [0.2, 0.25) is 0 Å². The molecule has 5 heteroatoms. The number of aliphatic carboxylic acids is 2. The van der Waals surface area contributed by atoms with E-state index in [4.69, 9.17) is 15.9 Å². The second kappa shape index (κ2) is 7.32. The standard InChI is InChI=1S/C9H16NO4/c10-6-2-4-7(9(13)14)3-1-5-8(11)12/h2,7H,1,3-6,10H2,(H,11,12)(H,13,14). The maximum Gasteiger partial charge on any atom is 0.306 e. The molecule has 0 saturated carbocycles. The Labute approximate surface area is 82.9 Å². The molecule has 0 amide bonds. The zero-order chi connectivity index (χ0) is 11.0. The Bertz CT molecular complexity index is 193. The van der Waals surface area contributed by atoms with Crippen LogP contribution in [0.3, 0.4) is 0 Å². The second-order valence-electron chi connectivity index (χ2n) is 3.08. The van der Waals surface area contributed by atoms with Gasteiger partial charge in [-0.2, -0.15) is 0 Å². The molecule has 0 aromatic carbocycles. The van der Waals surface area contributed by atoms with Gasteiger partial charge in [0.2, 0.25) is 0 Å². The molecule has 0 rings (SSSR count). The van der Waals surface area contributed by atoms with E-state index in [1.54, 1.807) is 6.42 Å². The first-order chi connectivity index (χ1) is 6.57. The molecule has 81 valence electrons. The van der Waals surface area contributed by atoms with Crippen molar-refractivity contribution in [3.63, 3.8) is 0 Å². The zero-order valence-electron chi connectivity index (χ0n) is 7.98. The van der Waals surface area contributed by atoms with Crippen molar-refractivity contribution in [1.29, 1.82) is 0 Å². The number of hydrogen-bond donors (Lipinski definition) is 3. The summed E-state index contributed by atoms with van der Waals surface area (Å²) in [5, 5.41) is 17.1. The highest BCUT2D eigenvalue weighted by molar-refractivity contribution is 5.70. The molecule has 0 aromatic rings. The number of carbonyl (C=O) groups is 2. The van der Waals surface area contributed by atoms with Gasteiger partial charge in [-0.05, 0) is 32.2 Å². The van der Waals surface area contributed by atoms with Crippen LogP contribution < -0.4 is 5.73 Å². The summed E-state index contributed by atoms with van der Waals surface area (Å²) in [7, 11) is 0. The molecule has 0 aromatic heterocycles. The van der Waals surface area contributed by atoms with Crippen molar-refractivity contribution in [3.05, 3.63) is 6.42 Å². The topological polar surface area (TPSA) is 101 Å². The minimum Gasteiger partial charge on any atom is -0.481 e. The molecule has 1 radical (unpaired) electrons. The molecule has 5 nitrogen and oxygen atoms in total. The first-order valence-electron chi connectivity index (χ1n) is 4.54. The molecular formula is C9H16NO4. The molecule has 0 aliphatic rings. The minimum atomic E-state index is -0.892. The van der Waals surface area contributed by atoms with Crippen LogP contribution >= 0.6 is 0 Å². The molecule has 0 aliphatic heterocycles. The van der Waals surface area contributed by atoms with E-state index in [2.05, 4.69) is 0 Å². The normalized spacial score (nSPS) is 12.4. The lowest BCUT2D eigenvalue weighted by molar-refractivity contribution is -0.143. The van der Waals surface area contributed by atoms with Gasteiger partial charge < -0.3 is 15.9 Å². The Morgan fingerprint density at radius 1 is 1.36 bits per heavy atom. The first kappa shape index (κ1) is 12.9. The van der Waals surface area contributed by atoms with Gasteiger partial charge in [0.15, 0.2) is 0 Å². The fourth-order valence-corrected chi connectivity index (χ4v) is 1.14. The largest absolute Gasteiger partial charge is 0.481 e.